The molecule has 0 rings (SSSR count). The van der Waals surface area contributed by atoms with Crippen LogP contribution in [0.1, 0.15) is 27.7 Å². The van der Waals surface area contributed by atoms with Gasteiger partial charge in [-0.1, -0.05) is 5.92 Å². The van der Waals surface area contributed by atoms with E-state index in [1.54, 1.807) is 0 Å². The van der Waals surface area contributed by atoms with Crippen molar-refractivity contribution in [2.24, 2.45) is 0 Å². The van der Waals surface area contributed by atoms with E-state index in [4.69, 9.17) is 6.42 Å². The summed E-state index contributed by atoms with van der Waals surface area (Å²) in [4.78, 5) is 13.7. The summed E-state index contributed by atoms with van der Waals surface area (Å²) in [6.45, 7) is 10.9. The number of amides is 1. The lowest BCUT2D eigenvalue weighted by Crippen LogP contribution is -2.44. The Kier molecular flexibility index (Phi) is 8.47. The fourth-order valence-electron chi connectivity index (χ4n) is 1.75. The Hall–Kier alpha value is -1.05. The SMILES string of the molecule is C#CCNCC(=O)NCCN(C(C)C)C(C)C. The Bertz CT molecular complexity index is 248. The van der Waals surface area contributed by atoms with Crippen LogP contribution in [-0.4, -0.2) is 49.1 Å². The Morgan fingerprint density at radius 2 is 1.88 bits per heavy atom. The number of carbonyl (C=O) groups is 1. The lowest BCUT2D eigenvalue weighted by Gasteiger charge is -2.30. The zero-order valence-corrected chi connectivity index (χ0v) is 11.4. The average Bonchev–Trinajstić information content (AvgIpc) is 2.23. The molecule has 0 aromatic rings. The molecule has 0 bridgehead atoms. The van der Waals surface area contributed by atoms with Crippen molar-refractivity contribution in [2.75, 3.05) is 26.2 Å². The Morgan fingerprint density at radius 1 is 1.29 bits per heavy atom. The van der Waals surface area contributed by atoms with Crippen LogP contribution in [-0.2, 0) is 4.79 Å². The fourth-order valence-corrected chi connectivity index (χ4v) is 1.75. The summed E-state index contributed by atoms with van der Waals surface area (Å²) in [5.41, 5.74) is 0. The van der Waals surface area contributed by atoms with Gasteiger partial charge in [0.1, 0.15) is 0 Å². The minimum absolute atomic E-state index is 0.00675. The predicted molar refractivity (Wildman–Crippen MR) is 71.7 cm³/mol. The van der Waals surface area contributed by atoms with Crippen LogP contribution in [0.15, 0.2) is 0 Å². The molecule has 0 aromatic heterocycles. The lowest BCUT2D eigenvalue weighted by molar-refractivity contribution is -0.120. The molecule has 2 N–H and O–H groups in total. The zero-order chi connectivity index (χ0) is 13.3. The summed E-state index contributed by atoms with van der Waals surface area (Å²) in [6, 6.07) is 0.984. The number of hydrogen-bond donors (Lipinski definition) is 2. The van der Waals surface area contributed by atoms with E-state index in [9.17, 15) is 4.79 Å². The molecule has 0 saturated heterocycles. The van der Waals surface area contributed by atoms with Crippen LogP contribution in [0.25, 0.3) is 0 Å². The van der Waals surface area contributed by atoms with Gasteiger partial charge in [-0.05, 0) is 27.7 Å². The van der Waals surface area contributed by atoms with Crippen LogP contribution >= 0.6 is 0 Å². The van der Waals surface area contributed by atoms with Gasteiger partial charge in [-0.25, -0.2) is 0 Å². The van der Waals surface area contributed by atoms with Crippen molar-refractivity contribution in [1.29, 1.82) is 0 Å². The summed E-state index contributed by atoms with van der Waals surface area (Å²) in [5.74, 6) is 2.42. The van der Waals surface area contributed by atoms with Gasteiger partial charge in [0.2, 0.25) is 5.91 Å². The third-order valence-electron chi connectivity index (χ3n) is 2.53. The fraction of sp³-hybridized carbons (Fsp3) is 0.769. The molecule has 0 fully saturated rings. The number of carbonyl (C=O) groups excluding carboxylic acids is 1. The smallest absolute Gasteiger partial charge is 0.234 e. The molecule has 4 nitrogen and oxygen atoms in total. The maximum atomic E-state index is 11.4. The van der Waals surface area contributed by atoms with E-state index in [1.165, 1.54) is 0 Å². The van der Waals surface area contributed by atoms with Crippen molar-refractivity contribution >= 4 is 5.91 Å². The minimum Gasteiger partial charge on any atom is -0.354 e. The van der Waals surface area contributed by atoms with Crippen molar-refractivity contribution in [3.63, 3.8) is 0 Å². The highest BCUT2D eigenvalue weighted by Crippen LogP contribution is 2.02. The van der Waals surface area contributed by atoms with E-state index in [-0.39, 0.29) is 12.5 Å². The topological polar surface area (TPSA) is 44.4 Å². The number of nitrogens with one attached hydrogen (secondary N) is 2. The van der Waals surface area contributed by atoms with Gasteiger partial charge in [-0.3, -0.25) is 15.0 Å². The van der Waals surface area contributed by atoms with Crippen LogP contribution in [0.4, 0.5) is 0 Å². The summed E-state index contributed by atoms with van der Waals surface area (Å²) in [7, 11) is 0. The second-order valence-corrected chi connectivity index (χ2v) is 4.58. The first-order valence-corrected chi connectivity index (χ1v) is 6.15. The van der Waals surface area contributed by atoms with Gasteiger partial charge in [0.15, 0.2) is 0 Å². The standard InChI is InChI=1S/C13H25N3O/c1-6-7-14-10-13(17)15-8-9-16(11(2)3)12(4)5/h1,11-12,14H,7-10H2,2-5H3,(H,15,17). The largest absolute Gasteiger partial charge is 0.354 e. The monoisotopic (exact) mass is 239 g/mol. The van der Waals surface area contributed by atoms with Crippen LogP contribution in [0, 0.1) is 12.3 Å². The van der Waals surface area contributed by atoms with E-state index in [1.807, 2.05) is 0 Å². The number of rotatable bonds is 8. The molecule has 4 heteroatoms. The van der Waals surface area contributed by atoms with Gasteiger partial charge in [0.05, 0.1) is 13.1 Å². The zero-order valence-electron chi connectivity index (χ0n) is 11.4. The molecule has 98 valence electrons. The number of nitrogens with zero attached hydrogens (tertiary/aromatic N) is 1. The van der Waals surface area contributed by atoms with Crippen LogP contribution in [0.2, 0.25) is 0 Å². The normalized spacial score (nSPS) is 10.9. The third kappa shape index (κ3) is 7.78. The second-order valence-electron chi connectivity index (χ2n) is 4.58. The quantitative estimate of drug-likeness (QED) is 0.477. The summed E-state index contributed by atoms with van der Waals surface area (Å²) in [6.07, 6.45) is 5.07. The van der Waals surface area contributed by atoms with E-state index < -0.39 is 0 Å². The molecule has 17 heavy (non-hydrogen) atoms. The maximum absolute atomic E-state index is 11.4. The van der Waals surface area contributed by atoms with E-state index in [2.05, 4.69) is 49.1 Å². The van der Waals surface area contributed by atoms with Crippen molar-refractivity contribution in [3.05, 3.63) is 0 Å². The molecule has 0 radical (unpaired) electrons. The number of terminal acetylenes is 1. The van der Waals surface area contributed by atoms with E-state index in [0.29, 0.717) is 25.2 Å². The van der Waals surface area contributed by atoms with Crippen molar-refractivity contribution in [1.82, 2.24) is 15.5 Å². The Labute approximate surface area is 105 Å². The van der Waals surface area contributed by atoms with Crippen LogP contribution < -0.4 is 10.6 Å². The highest BCUT2D eigenvalue weighted by molar-refractivity contribution is 5.77. The molecule has 0 saturated carbocycles. The minimum atomic E-state index is -0.00675. The first-order valence-electron chi connectivity index (χ1n) is 6.15. The Morgan fingerprint density at radius 3 is 2.35 bits per heavy atom. The molecular formula is C13H25N3O. The molecule has 1 amide bonds. The van der Waals surface area contributed by atoms with Crippen molar-refractivity contribution in [3.8, 4) is 12.3 Å². The summed E-state index contributed by atoms with van der Waals surface area (Å²) in [5, 5.41) is 5.73. The number of hydrogen-bond acceptors (Lipinski definition) is 3. The highest BCUT2D eigenvalue weighted by Gasteiger charge is 2.12. The molecule has 0 aliphatic rings. The molecule has 0 aliphatic heterocycles. The predicted octanol–water partition coefficient (Wildman–Crippen LogP) is 0.444. The molecule has 0 spiro atoms. The van der Waals surface area contributed by atoms with E-state index in [0.717, 1.165) is 6.54 Å². The molecule has 0 aromatic carbocycles. The van der Waals surface area contributed by atoms with Gasteiger partial charge in [0, 0.05) is 25.2 Å². The van der Waals surface area contributed by atoms with Gasteiger partial charge in [-0.15, -0.1) is 6.42 Å². The van der Waals surface area contributed by atoms with Gasteiger partial charge in [-0.2, -0.15) is 0 Å². The average molecular weight is 239 g/mol. The van der Waals surface area contributed by atoms with Gasteiger partial charge in [0.25, 0.3) is 0 Å². The van der Waals surface area contributed by atoms with Gasteiger partial charge < -0.3 is 5.32 Å². The molecule has 0 aliphatic carbocycles. The molecule has 0 unspecified atom stereocenters. The lowest BCUT2D eigenvalue weighted by atomic mass is 10.2. The van der Waals surface area contributed by atoms with Crippen LogP contribution in [0.3, 0.4) is 0 Å². The highest BCUT2D eigenvalue weighted by atomic mass is 16.1. The second kappa shape index (κ2) is 9.03. The Balaban J connectivity index is 3.74. The maximum Gasteiger partial charge on any atom is 0.234 e. The van der Waals surface area contributed by atoms with Gasteiger partial charge >= 0.3 is 0 Å². The first-order chi connectivity index (χ1) is 7.99. The van der Waals surface area contributed by atoms with Crippen molar-refractivity contribution < 1.29 is 4.79 Å². The molecule has 0 atom stereocenters. The summed E-state index contributed by atoms with van der Waals surface area (Å²) < 4.78 is 0. The first kappa shape index (κ1) is 16.0. The molecule has 0 heterocycles. The van der Waals surface area contributed by atoms with Crippen molar-refractivity contribution in [2.45, 2.75) is 39.8 Å². The van der Waals surface area contributed by atoms with Crippen LogP contribution in [0.5, 0.6) is 0 Å². The van der Waals surface area contributed by atoms with E-state index >= 15 is 0 Å². The molecular weight excluding hydrogens is 214 g/mol. The third-order valence-corrected chi connectivity index (χ3v) is 2.53. The summed E-state index contributed by atoms with van der Waals surface area (Å²) >= 11 is 0.